The van der Waals surface area contributed by atoms with Crippen LogP contribution in [0.2, 0.25) is 0 Å². The molecule has 0 saturated heterocycles. The van der Waals surface area contributed by atoms with Crippen molar-refractivity contribution >= 4 is 17.7 Å². The molecule has 0 fully saturated rings. The Morgan fingerprint density at radius 2 is 1.66 bits per heavy atom. The van der Waals surface area contributed by atoms with Crippen LogP contribution in [0.4, 0.5) is 23.7 Å². The summed E-state index contributed by atoms with van der Waals surface area (Å²) >= 11 is 0. The number of alkyl halides is 3. The summed E-state index contributed by atoms with van der Waals surface area (Å²) in [6.45, 7) is 5.89. The van der Waals surface area contributed by atoms with E-state index in [1.807, 2.05) is 6.92 Å². The van der Waals surface area contributed by atoms with Gasteiger partial charge in [-0.15, -0.1) is 0 Å². The van der Waals surface area contributed by atoms with Crippen molar-refractivity contribution in [1.29, 1.82) is 0 Å². The van der Waals surface area contributed by atoms with Gasteiger partial charge >= 0.3 is 18.2 Å². The van der Waals surface area contributed by atoms with Gasteiger partial charge in [0.1, 0.15) is 12.4 Å². The molecule has 2 rings (SSSR count). The Bertz CT molecular complexity index is 984. The first-order chi connectivity index (χ1) is 18.1. The number of amides is 2. The van der Waals surface area contributed by atoms with E-state index in [-0.39, 0.29) is 25.3 Å². The Morgan fingerprint density at radius 1 is 0.974 bits per heavy atom. The third kappa shape index (κ3) is 11.0. The second-order valence-corrected chi connectivity index (χ2v) is 8.44. The number of anilines is 1. The molecule has 0 aliphatic heterocycles. The summed E-state index contributed by atoms with van der Waals surface area (Å²) in [5, 5.41) is 11.9. The second kappa shape index (κ2) is 15.8. The lowest BCUT2D eigenvalue weighted by molar-refractivity contribution is -0.150. The molecule has 2 aromatic rings. The highest BCUT2D eigenvalue weighted by Gasteiger charge is 2.30. The molecule has 11 heteroatoms. The zero-order chi connectivity index (χ0) is 28.0. The van der Waals surface area contributed by atoms with E-state index in [0.717, 1.165) is 24.1 Å². The van der Waals surface area contributed by atoms with E-state index in [0.29, 0.717) is 38.5 Å². The van der Waals surface area contributed by atoms with Crippen molar-refractivity contribution in [3.05, 3.63) is 59.7 Å². The first-order valence-electron chi connectivity index (χ1n) is 12.5. The van der Waals surface area contributed by atoms with Crippen molar-refractivity contribution in [2.45, 2.75) is 45.4 Å². The largest absolute Gasteiger partial charge is 0.492 e. The highest BCUT2D eigenvalue weighted by molar-refractivity contribution is 5.89. The van der Waals surface area contributed by atoms with E-state index in [2.05, 4.69) is 5.32 Å². The molecule has 0 aromatic heterocycles. The van der Waals surface area contributed by atoms with E-state index in [4.69, 9.17) is 14.2 Å². The number of rotatable bonds is 16. The van der Waals surface area contributed by atoms with Crippen LogP contribution in [0.25, 0.3) is 0 Å². The summed E-state index contributed by atoms with van der Waals surface area (Å²) in [7, 11) is 0. The Labute approximate surface area is 220 Å². The Kier molecular flexibility index (Phi) is 12.9. The molecule has 2 amide bonds. The fraction of sp³-hybridized carbons (Fsp3) is 0.481. The van der Waals surface area contributed by atoms with Crippen molar-refractivity contribution in [1.82, 2.24) is 4.90 Å². The van der Waals surface area contributed by atoms with Crippen LogP contribution in [0.15, 0.2) is 48.5 Å². The number of carbonyl (C=O) groups is 2. The van der Waals surface area contributed by atoms with Gasteiger partial charge in [0, 0.05) is 38.5 Å². The third-order valence-electron chi connectivity index (χ3n) is 5.43. The monoisotopic (exact) mass is 540 g/mol. The first-order valence-corrected chi connectivity index (χ1v) is 12.5. The molecule has 0 aliphatic rings. The van der Waals surface area contributed by atoms with E-state index < -0.39 is 29.8 Å². The Balaban J connectivity index is 1.94. The maximum absolute atomic E-state index is 12.8. The van der Waals surface area contributed by atoms with Gasteiger partial charge in [-0.2, -0.15) is 13.2 Å². The number of ether oxygens (including phenoxy) is 3. The number of aliphatic carboxylic acids is 1. The third-order valence-corrected chi connectivity index (χ3v) is 5.43. The molecule has 1 atom stereocenters. The van der Waals surface area contributed by atoms with Gasteiger partial charge in [-0.05, 0) is 61.7 Å². The number of carbonyl (C=O) groups excluding carboxylic acids is 1. The van der Waals surface area contributed by atoms with Gasteiger partial charge in [-0.3, -0.25) is 0 Å². The molecule has 0 aliphatic carbocycles. The lowest BCUT2D eigenvalue weighted by Gasteiger charge is -2.23. The zero-order valence-corrected chi connectivity index (χ0v) is 21.6. The van der Waals surface area contributed by atoms with Crippen LogP contribution in [-0.4, -0.2) is 67.6 Å². The standard InChI is InChI=1S/C27H35F3N2O6/c1-3-16-36-17-5-14-32(26(35)31-22-10-8-21(9-11-22)27(28,29)30)15-18-38-23-12-6-20(7-13-23)19-24(25(33)34)37-4-2/h6-13,24H,3-5,14-19H2,1-2H3,(H,31,35)(H,33,34). The van der Waals surface area contributed by atoms with Gasteiger partial charge < -0.3 is 29.5 Å². The molecule has 1 unspecified atom stereocenters. The summed E-state index contributed by atoms with van der Waals surface area (Å²) in [5.41, 5.74) is 0.234. The fourth-order valence-corrected chi connectivity index (χ4v) is 3.49. The van der Waals surface area contributed by atoms with Crippen LogP contribution < -0.4 is 10.1 Å². The van der Waals surface area contributed by atoms with Crippen molar-refractivity contribution in [2.24, 2.45) is 0 Å². The van der Waals surface area contributed by atoms with Crippen molar-refractivity contribution < 1.29 is 42.1 Å². The SMILES string of the molecule is CCCOCCCN(CCOc1ccc(CC(OCC)C(=O)O)cc1)C(=O)Nc1ccc(C(F)(F)F)cc1. The summed E-state index contributed by atoms with van der Waals surface area (Å²) < 4.78 is 54.9. The van der Waals surface area contributed by atoms with Crippen molar-refractivity contribution in [3.8, 4) is 5.75 Å². The number of carboxylic acids is 1. The molecule has 0 spiro atoms. The van der Waals surface area contributed by atoms with Crippen LogP contribution in [0.3, 0.4) is 0 Å². The van der Waals surface area contributed by atoms with E-state index in [1.165, 1.54) is 17.0 Å². The molecular formula is C27H35F3N2O6. The number of halogens is 3. The van der Waals surface area contributed by atoms with Gasteiger partial charge in [0.25, 0.3) is 0 Å². The number of carboxylic acid groups (broad SMARTS) is 1. The van der Waals surface area contributed by atoms with Gasteiger partial charge in [0.05, 0.1) is 12.1 Å². The molecule has 210 valence electrons. The molecule has 38 heavy (non-hydrogen) atoms. The van der Waals surface area contributed by atoms with Gasteiger partial charge in [0.2, 0.25) is 0 Å². The minimum atomic E-state index is -4.45. The van der Waals surface area contributed by atoms with Gasteiger partial charge in [0.15, 0.2) is 6.10 Å². The van der Waals surface area contributed by atoms with Crippen LogP contribution in [0.1, 0.15) is 37.8 Å². The molecule has 0 saturated carbocycles. The van der Waals surface area contributed by atoms with Gasteiger partial charge in [-0.25, -0.2) is 9.59 Å². The van der Waals surface area contributed by atoms with Crippen molar-refractivity contribution in [3.63, 3.8) is 0 Å². The maximum Gasteiger partial charge on any atom is 0.416 e. The summed E-state index contributed by atoms with van der Waals surface area (Å²) in [6, 6.07) is 10.7. The molecule has 2 aromatic carbocycles. The first kappa shape index (κ1) is 30.9. The maximum atomic E-state index is 12.8. The number of hydrogen-bond donors (Lipinski definition) is 2. The van der Waals surface area contributed by atoms with E-state index >= 15 is 0 Å². The minimum Gasteiger partial charge on any atom is -0.492 e. The molecular weight excluding hydrogens is 505 g/mol. The number of urea groups is 1. The average Bonchev–Trinajstić information content (AvgIpc) is 2.88. The van der Waals surface area contributed by atoms with Crippen LogP contribution >= 0.6 is 0 Å². The molecule has 0 radical (unpaired) electrons. The highest BCUT2D eigenvalue weighted by Crippen LogP contribution is 2.29. The Hall–Kier alpha value is -3.31. The molecule has 8 nitrogen and oxygen atoms in total. The minimum absolute atomic E-state index is 0.173. The quantitative estimate of drug-likeness (QED) is 0.274. The van der Waals surface area contributed by atoms with Crippen LogP contribution in [0.5, 0.6) is 5.75 Å². The number of benzene rings is 2. The lowest BCUT2D eigenvalue weighted by Crippen LogP contribution is -2.39. The van der Waals surface area contributed by atoms with E-state index in [1.54, 1.807) is 31.2 Å². The lowest BCUT2D eigenvalue weighted by atomic mass is 10.1. The topological polar surface area (TPSA) is 97.3 Å². The van der Waals surface area contributed by atoms with Gasteiger partial charge in [-0.1, -0.05) is 19.1 Å². The highest BCUT2D eigenvalue weighted by atomic mass is 19.4. The van der Waals surface area contributed by atoms with E-state index in [9.17, 15) is 27.9 Å². The van der Waals surface area contributed by atoms with Crippen LogP contribution in [0, 0.1) is 0 Å². The summed E-state index contributed by atoms with van der Waals surface area (Å²) in [4.78, 5) is 25.6. The zero-order valence-electron chi connectivity index (χ0n) is 21.6. The van der Waals surface area contributed by atoms with Crippen molar-refractivity contribution in [2.75, 3.05) is 44.8 Å². The smallest absolute Gasteiger partial charge is 0.416 e. The fourth-order valence-electron chi connectivity index (χ4n) is 3.49. The normalized spacial score (nSPS) is 12.1. The predicted octanol–water partition coefficient (Wildman–Crippen LogP) is 5.47. The Morgan fingerprint density at radius 3 is 2.24 bits per heavy atom. The molecule has 0 heterocycles. The number of hydrogen-bond acceptors (Lipinski definition) is 5. The number of nitrogens with zero attached hydrogens (tertiary/aromatic N) is 1. The molecule has 2 N–H and O–H groups in total. The second-order valence-electron chi connectivity index (χ2n) is 8.44. The molecule has 0 bridgehead atoms. The predicted molar refractivity (Wildman–Crippen MR) is 136 cm³/mol. The average molecular weight is 541 g/mol. The van der Waals surface area contributed by atoms with Crippen LogP contribution in [-0.2, 0) is 26.9 Å². The summed E-state index contributed by atoms with van der Waals surface area (Å²) in [6.07, 6.45) is -3.69. The number of nitrogens with one attached hydrogen (secondary N) is 1. The summed E-state index contributed by atoms with van der Waals surface area (Å²) in [5.74, 6) is -0.478.